The standard InChI is InChI=1S/C12H13ClF3N3O/c13-9-3-1-2-8(12(14,15)16)10(9)17-4-6-19-7-5-18-11(19)20/h1-3,17H,4-7H2,(H,18,20). The van der Waals surface area contributed by atoms with Gasteiger partial charge < -0.3 is 15.5 Å². The number of nitrogens with one attached hydrogen (secondary N) is 2. The Morgan fingerprint density at radius 1 is 1.40 bits per heavy atom. The summed E-state index contributed by atoms with van der Waals surface area (Å²) in [6.07, 6.45) is -4.47. The van der Waals surface area contributed by atoms with Crippen molar-refractivity contribution in [1.29, 1.82) is 0 Å². The fourth-order valence-corrected chi connectivity index (χ4v) is 2.22. The number of para-hydroxylation sites is 1. The molecule has 8 heteroatoms. The second kappa shape index (κ2) is 5.78. The number of urea groups is 1. The molecular weight excluding hydrogens is 295 g/mol. The lowest BCUT2D eigenvalue weighted by molar-refractivity contribution is -0.136. The first-order valence-corrected chi connectivity index (χ1v) is 6.40. The molecule has 2 amide bonds. The largest absolute Gasteiger partial charge is 0.418 e. The van der Waals surface area contributed by atoms with Crippen LogP contribution in [0, 0.1) is 0 Å². The summed E-state index contributed by atoms with van der Waals surface area (Å²) in [4.78, 5) is 12.8. The summed E-state index contributed by atoms with van der Waals surface area (Å²) in [5, 5.41) is 5.29. The highest BCUT2D eigenvalue weighted by molar-refractivity contribution is 6.33. The summed E-state index contributed by atoms with van der Waals surface area (Å²) >= 11 is 5.80. The Balaban J connectivity index is 2.03. The van der Waals surface area contributed by atoms with Gasteiger partial charge >= 0.3 is 12.2 Å². The lowest BCUT2D eigenvalue weighted by Gasteiger charge is -2.18. The number of anilines is 1. The second-order valence-electron chi connectivity index (χ2n) is 4.31. The molecule has 0 saturated carbocycles. The van der Waals surface area contributed by atoms with Crippen LogP contribution in [0.2, 0.25) is 5.02 Å². The number of nitrogens with zero attached hydrogens (tertiary/aromatic N) is 1. The number of alkyl halides is 3. The highest BCUT2D eigenvalue weighted by Gasteiger charge is 2.34. The zero-order valence-corrected chi connectivity index (χ0v) is 11.2. The number of amides is 2. The molecule has 1 fully saturated rings. The molecule has 4 nitrogen and oxygen atoms in total. The second-order valence-corrected chi connectivity index (χ2v) is 4.71. The molecule has 0 unspecified atom stereocenters. The number of carbonyl (C=O) groups is 1. The minimum absolute atomic E-state index is 0.00528. The zero-order chi connectivity index (χ0) is 14.8. The predicted molar refractivity (Wildman–Crippen MR) is 69.9 cm³/mol. The van der Waals surface area contributed by atoms with E-state index in [0.717, 1.165) is 6.07 Å². The molecule has 2 rings (SSSR count). The van der Waals surface area contributed by atoms with E-state index in [-0.39, 0.29) is 23.3 Å². The molecule has 1 aliphatic rings. The lowest BCUT2D eigenvalue weighted by Crippen LogP contribution is -2.32. The molecule has 0 aromatic heterocycles. The first kappa shape index (κ1) is 14.8. The molecule has 1 aliphatic heterocycles. The van der Waals surface area contributed by atoms with Crippen LogP contribution in [-0.4, -0.2) is 37.1 Å². The average Bonchev–Trinajstić information content (AvgIpc) is 2.76. The van der Waals surface area contributed by atoms with Crippen molar-refractivity contribution in [3.63, 3.8) is 0 Å². The van der Waals surface area contributed by atoms with Crippen LogP contribution >= 0.6 is 11.6 Å². The third kappa shape index (κ3) is 3.27. The van der Waals surface area contributed by atoms with Gasteiger partial charge in [0.2, 0.25) is 0 Å². The molecule has 20 heavy (non-hydrogen) atoms. The number of carbonyl (C=O) groups excluding carboxylic acids is 1. The van der Waals surface area contributed by atoms with Crippen LogP contribution in [-0.2, 0) is 6.18 Å². The number of benzene rings is 1. The van der Waals surface area contributed by atoms with Gasteiger partial charge in [0.05, 0.1) is 16.3 Å². The van der Waals surface area contributed by atoms with Gasteiger partial charge in [-0.3, -0.25) is 0 Å². The topological polar surface area (TPSA) is 44.4 Å². The van der Waals surface area contributed by atoms with Crippen molar-refractivity contribution in [3.05, 3.63) is 28.8 Å². The van der Waals surface area contributed by atoms with Crippen molar-refractivity contribution in [2.75, 3.05) is 31.5 Å². The maximum absolute atomic E-state index is 12.8. The van der Waals surface area contributed by atoms with Crippen LogP contribution in [0.3, 0.4) is 0 Å². The van der Waals surface area contributed by atoms with Gasteiger partial charge in [-0.25, -0.2) is 4.79 Å². The van der Waals surface area contributed by atoms with Gasteiger partial charge in [-0.2, -0.15) is 13.2 Å². The third-order valence-electron chi connectivity index (χ3n) is 2.95. The fraction of sp³-hybridized carbons (Fsp3) is 0.417. The molecule has 0 atom stereocenters. The van der Waals surface area contributed by atoms with Crippen molar-refractivity contribution < 1.29 is 18.0 Å². The summed E-state index contributed by atoms with van der Waals surface area (Å²) in [5.41, 5.74) is -0.961. The van der Waals surface area contributed by atoms with E-state index in [1.54, 1.807) is 0 Å². The van der Waals surface area contributed by atoms with Crippen LogP contribution < -0.4 is 10.6 Å². The maximum Gasteiger partial charge on any atom is 0.418 e. The summed E-state index contributed by atoms with van der Waals surface area (Å²) < 4.78 is 38.5. The molecule has 0 bridgehead atoms. The Bertz CT molecular complexity index is 507. The van der Waals surface area contributed by atoms with Crippen molar-refractivity contribution >= 4 is 23.3 Å². The molecular formula is C12H13ClF3N3O. The molecule has 1 heterocycles. The van der Waals surface area contributed by atoms with E-state index in [1.807, 2.05) is 0 Å². The first-order valence-electron chi connectivity index (χ1n) is 6.02. The van der Waals surface area contributed by atoms with E-state index in [4.69, 9.17) is 11.6 Å². The summed E-state index contributed by atoms with van der Waals surface area (Å²) in [7, 11) is 0. The Morgan fingerprint density at radius 2 is 2.15 bits per heavy atom. The van der Waals surface area contributed by atoms with Crippen molar-refractivity contribution in [1.82, 2.24) is 10.2 Å². The van der Waals surface area contributed by atoms with Gasteiger partial charge in [-0.05, 0) is 12.1 Å². The van der Waals surface area contributed by atoms with Crippen LogP contribution in [0.25, 0.3) is 0 Å². The minimum Gasteiger partial charge on any atom is -0.382 e. The summed E-state index contributed by atoms with van der Waals surface area (Å²) in [6, 6.07) is 3.41. The molecule has 1 aromatic rings. The minimum atomic E-state index is -4.47. The van der Waals surface area contributed by atoms with Gasteiger partial charge in [0.25, 0.3) is 0 Å². The quantitative estimate of drug-likeness (QED) is 0.898. The molecule has 0 spiro atoms. The normalized spacial score (nSPS) is 15.4. The molecule has 1 aromatic carbocycles. The van der Waals surface area contributed by atoms with Crippen LogP contribution in [0.1, 0.15) is 5.56 Å². The fourth-order valence-electron chi connectivity index (χ4n) is 1.98. The van der Waals surface area contributed by atoms with E-state index in [1.165, 1.54) is 17.0 Å². The summed E-state index contributed by atoms with van der Waals surface area (Å²) in [6.45, 7) is 1.61. The van der Waals surface area contributed by atoms with E-state index in [2.05, 4.69) is 10.6 Å². The number of hydrogen-bond donors (Lipinski definition) is 2. The average molecular weight is 308 g/mol. The number of halogens is 4. The third-order valence-corrected chi connectivity index (χ3v) is 3.26. The molecule has 1 saturated heterocycles. The van der Waals surface area contributed by atoms with Gasteiger partial charge in [-0.15, -0.1) is 0 Å². The van der Waals surface area contributed by atoms with Crippen molar-refractivity contribution in [2.45, 2.75) is 6.18 Å². The first-order chi connectivity index (χ1) is 9.39. The number of rotatable bonds is 4. The SMILES string of the molecule is O=C1NCCN1CCNc1c(Cl)cccc1C(F)(F)F. The van der Waals surface area contributed by atoms with Gasteiger partial charge in [0, 0.05) is 26.2 Å². The van der Waals surface area contributed by atoms with Gasteiger partial charge in [0.15, 0.2) is 0 Å². The zero-order valence-electron chi connectivity index (χ0n) is 10.4. The van der Waals surface area contributed by atoms with E-state index in [9.17, 15) is 18.0 Å². The Hall–Kier alpha value is -1.63. The maximum atomic E-state index is 12.8. The highest BCUT2D eigenvalue weighted by atomic mass is 35.5. The molecule has 0 aliphatic carbocycles. The van der Waals surface area contributed by atoms with E-state index >= 15 is 0 Å². The van der Waals surface area contributed by atoms with Crippen LogP contribution in [0.15, 0.2) is 18.2 Å². The van der Waals surface area contributed by atoms with Crippen molar-refractivity contribution in [2.24, 2.45) is 0 Å². The van der Waals surface area contributed by atoms with Gasteiger partial charge in [0.1, 0.15) is 0 Å². The molecule has 0 radical (unpaired) electrons. The van der Waals surface area contributed by atoms with Gasteiger partial charge in [-0.1, -0.05) is 17.7 Å². The van der Waals surface area contributed by atoms with Crippen LogP contribution in [0.5, 0.6) is 0 Å². The summed E-state index contributed by atoms with van der Waals surface area (Å²) in [5.74, 6) is 0. The van der Waals surface area contributed by atoms with Crippen LogP contribution in [0.4, 0.5) is 23.7 Å². The monoisotopic (exact) mass is 307 g/mol. The lowest BCUT2D eigenvalue weighted by atomic mass is 10.1. The van der Waals surface area contributed by atoms with E-state index in [0.29, 0.717) is 19.6 Å². The Morgan fingerprint density at radius 3 is 2.75 bits per heavy atom. The molecule has 110 valence electrons. The Kier molecular flexibility index (Phi) is 4.27. The Labute approximate surface area is 118 Å². The highest BCUT2D eigenvalue weighted by Crippen LogP contribution is 2.38. The predicted octanol–water partition coefficient (Wildman–Crippen LogP) is 2.80. The molecule has 2 N–H and O–H groups in total. The number of hydrogen-bond acceptors (Lipinski definition) is 2. The smallest absolute Gasteiger partial charge is 0.382 e. The van der Waals surface area contributed by atoms with Crippen molar-refractivity contribution in [3.8, 4) is 0 Å². The van der Waals surface area contributed by atoms with E-state index < -0.39 is 11.7 Å².